The first kappa shape index (κ1) is 22.9. The molecule has 0 radical (unpaired) electrons. The van der Waals surface area contributed by atoms with Crippen LogP contribution in [0, 0.1) is 11.6 Å². The van der Waals surface area contributed by atoms with Gasteiger partial charge in [0, 0.05) is 23.4 Å². The number of nitrogens with one attached hydrogen (secondary N) is 1. The number of halogens is 5. The molecule has 3 heterocycles. The summed E-state index contributed by atoms with van der Waals surface area (Å²) in [6.07, 6.45) is 0.823. The van der Waals surface area contributed by atoms with Crippen LogP contribution in [-0.2, 0) is 6.18 Å². The van der Waals surface area contributed by atoms with Crippen molar-refractivity contribution in [2.75, 3.05) is 11.1 Å². The third-order valence-electron chi connectivity index (χ3n) is 5.19. The summed E-state index contributed by atoms with van der Waals surface area (Å²) in [4.78, 5) is 20.5. The average molecular weight is 500 g/mol. The van der Waals surface area contributed by atoms with Gasteiger partial charge in [0.2, 0.25) is 0 Å². The number of nitrogens with zero attached hydrogens (tertiary/aromatic N) is 6. The minimum absolute atomic E-state index is 0.148. The molecule has 0 atom stereocenters. The number of carbonyl (C=O) groups excluding carboxylic acids is 1. The van der Waals surface area contributed by atoms with E-state index in [0.717, 1.165) is 28.9 Å². The SMILES string of the molecule is Nc1ncnn2c(-c3cnn(-c4cc(NC(=O)c5cccc(C(F)(F)F)c5)c(F)cc4F)c3)cnc12. The molecule has 14 heteroatoms. The van der Waals surface area contributed by atoms with Crippen LogP contribution in [0.5, 0.6) is 0 Å². The van der Waals surface area contributed by atoms with E-state index in [9.17, 15) is 26.7 Å². The maximum Gasteiger partial charge on any atom is 0.416 e. The summed E-state index contributed by atoms with van der Waals surface area (Å²) in [6.45, 7) is 0. The van der Waals surface area contributed by atoms with Crippen molar-refractivity contribution in [2.45, 2.75) is 6.18 Å². The summed E-state index contributed by atoms with van der Waals surface area (Å²) >= 11 is 0. The molecular formula is C22H13F5N8O. The number of alkyl halides is 3. The lowest BCUT2D eigenvalue weighted by Gasteiger charge is -2.11. The Morgan fingerprint density at radius 2 is 1.81 bits per heavy atom. The predicted octanol–water partition coefficient (Wildman–Crippen LogP) is 4.11. The van der Waals surface area contributed by atoms with Crippen LogP contribution in [0.3, 0.4) is 0 Å². The zero-order chi connectivity index (χ0) is 25.6. The summed E-state index contributed by atoms with van der Waals surface area (Å²) in [7, 11) is 0. The zero-order valence-corrected chi connectivity index (χ0v) is 17.8. The van der Waals surface area contributed by atoms with Crippen molar-refractivity contribution in [3.05, 3.63) is 84.1 Å². The van der Waals surface area contributed by atoms with Gasteiger partial charge in [-0.25, -0.2) is 27.9 Å². The largest absolute Gasteiger partial charge is 0.416 e. The first-order valence-electron chi connectivity index (χ1n) is 10.1. The summed E-state index contributed by atoms with van der Waals surface area (Å²) < 4.78 is 70.4. The third kappa shape index (κ3) is 4.08. The van der Waals surface area contributed by atoms with Crippen LogP contribution in [0.15, 0.2) is 61.3 Å². The van der Waals surface area contributed by atoms with Crippen LogP contribution in [0.25, 0.3) is 22.6 Å². The van der Waals surface area contributed by atoms with Crippen molar-refractivity contribution in [1.82, 2.24) is 29.4 Å². The van der Waals surface area contributed by atoms with Gasteiger partial charge in [0.05, 0.1) is 29.3 Å². The number of anilines is 2. The minimum atomic E-state index is -4.67. The molecule has 5 rings (SSSR count). The number of nitrogen functional groups attached to an aromatic ring is 1. The Hall–Kier alpha value is -4.88. The van der Waals surface area contributed by atoms with E-state index in [-0.39, 0.29) is 17.1 Å². The Bertz CT molecular complexity index is 1620. The number of benzene rings is 2. The monoisotopic (exact) mass is 500 g/mol. The smallest absolute Gasteiger partial charge is 0.381 e. The fourth-order valence-corrected chi connectivity index (χ4v) is 3.46. The Balaban J connectivity index is 1.47. The number of hydrogen-bond donors (Lipinski definition) is 2. The van der Waals surface area contributed by atoms with Crippen LogP contribution in [0.4, 0.5) is 33.5 Å². The maximum atomic E-state index is 14.6. The van der Waals surface area contributed by atoms with Crippen LogP contribution in [-0.4, -0.2) is 35.3 Å². The number of hydrogen-bond acceptors (Lipinski definition) is 6. The highest BCUT2D eigenvalue weighted by atomic mass is 19.4. The molecule has 9 nitrogen and oxygen atoms in total. The number of amides is 1. The van der Waals surface area contributed by atoms with Gasteiger partial charge in [-0.05, 0) is 24.3 Å². The van der Waals surface area contributed by atoms with E-state index >= 15 is 0 Å². The van der Waals surface area contributed by atoms with Gasteiger partial charge < -0.3 is 11.1 Å². The Morgan fingerprint density at radius 3 is 2.58 bits per heavy atom. The van der Waals surface area contributed by atoms with Crippen molar-refractivity contribution < 1.29 is 26.7 Å². The number of fused-ring (bicyclic) bond motifs is 1. The fourth-order valence-electron chi connectivity index (χ4n) is 3.46. The average Bonchev–Trinajstić information content (AvgIpc) is 3.48. The second-order valence-electron chi connectivity index (χ2n) is 7.51. The highest BCUT2D eigenvalue weighted by Crippen LogP contribution is 2.30. The number of aromatic nitrogens is 6. The molecule has 0 aliphatic heterocycles. The Morgan fingerprint density at radius 1 is 1.00 bits per heavy atom. The molecule has 0 aliphatic rings. The Labute approximate surface area is 198 Å². The van der Waals surface area contributed by atoms with Gasteiger partial charge >= 0.3 is 6.18 Å². The van der Waals surface area contributed by atoms with Gasteiger partial charge in [0.15, 0.2) is 17.3 Å². The summed E-state index contributed by atoms with van der Waals surface area (Å²) in [5.74, 6) is -2.99. The van der Waals surface area contributed by atoms with E-state index in [1.165, 1.54) is 29.4 Å². The van der Waals surface area contributed by atoms with Crippen molar-refractivity contribution in [2.24, 2.45) is 0 Å². The van der Waals surface area contributed by atoms with Crippen LogP contribution in [0.2, 0.25) is 0 Å². The van der Waals surface area contributed by atoms with Gasteiger partial charge in [-0.1, -0.05) is 6.07 Å². The molecule has 0 unspecified atom stereocenters. The summed E-state index contributed by atoms with van der Waals surface area (Å²) in [6, 6.07) is 5.12. The summed E-state index contributed by atoms with van der Waals surface area (Å²) in [5, 5.41) is 10.3. The molecule has 0 saturated carbocycles. The van der Waals surface area contributed by atoms with E-state index < -0.39 is 35.0 Å². The standard InChI is InChI=1S/C22H13F5N8O/c23-14-5-15(24)17(6-16(14)33-21(36)11-2-1-3-13(4-11)22(25,26)27)34-9-12(7-31-34)18-8-29-20-19(28)30-10-32-35(18)20/h1-10H,(H,33,36)(H2,28,30,32). The number of rotatable bonds is 4. The van der Waals surface area contributed by atoms with E-state index in [1.807, 2.05) is 0 Å². The molecule has 0 saturated heterocycles. The normalized spacial score (nSPS) is 11.7. The second kappa shape index (κ2) is 8.41. The van der Waals surface area contributed by atoms with Crippen molar-refractivity contribution in [3.63, 3.8) is 0 Å². The fraction of sp³-hybridized carbons (Fsp3) is 0.0455. The van der Waals surface area contributed by atoms with Gasteiger partial charge in [-0.3, -0.25) is 4.79 Å². The molecule has 2 aromatic carbocycles. The first-order valence-corrected chi connectivity index (χ1v) is 10.1. The van der Waals surface area contributed by atoms with E-state index in [4.69, 9.17) is 5.73 Å². The highest BCUT2D eigenvalue weighted by Gasteiger charge is 2.31. The van der Waals surface area contributed by atoms with Gasteiger partial charge in [0.1, 0.15) is 17.8 Å². The number of carbonyl (C=O) groups is 1. The van der Waals surface area contributed by atoms with E-state index in [2.05, 4.69) is 25.5 Å². The quantitative estimate of drug-likeness (QED) is 0.359. The lowest BCUT2D eigenvalue weighted by Crippen LogP contribution is -2.15. The van der Waals surface area contributed by atoms with Gasteiger partial charge in [-0.15, -0.1) is 0 Å². The van der Waals surface area contributed by atoms with Crippen molar-refractivity contribution in [1.29, 1.82) is 0 Å². The zero-order valence-electron chi connectivity index (χ0n) is 17.8. The lowest BCUT2D eigenvalue weighted by molar-refractivity contribution is -0.137. The molecule has 182 valence electrons. The van der Waals surface area contributed by atoms with Gasteiger partial charge in [0.25, 0.3) is 5.91 Å². The molecule has 0 aliphatic carbocycles. The molecule has 0 spiro atoms. The van der Waals surface area contributed by atoms with Crippen molar-refractivity contribution >= 4 is 23.1 Å². The Kier molecular flexibility index (Phi) is 5.35. The minimum Gasteiger partial charge on any atom is -0.381 e. The molecule has 3 N–H and O–H groups in total. The van der Waals surface area contributed by atoms with Crippen LogP contribution >= 0.6 is 0 Å². The van der Waals surface area contributed by atoms with Crippen molar-refractivity contribution in [3.8, 4) is 16.9 Å². The van der Waals surface area contributed by atoms with Gasteiger partial charge in [-0.2, -0.15) is 23.4 Å². The molecule has 1 amide bonds. The third-order valence-corrected chi connectivity index (χ3v) is 5.19. The van der Waals surface area contributed by atoms with E-state index in [0.29, 0.717) is 29.0 Å². The lowest BCUT2D eigenvalue weighted by atomic mass is 10.1. The van der Waals surface area contributed by atoms with Crippen LogP contribution in [0.1, 0.15) is 15.9 Å². The van der Waals surface area contributed by atoms with E-state index in [1.54, 1.807) is 0 Å². The number of imidazole rings is 1. The maximum absolute atomic E-state index is 14.6. The topological polar surface area (TPSA) is 116 Å². The molecule has 0 fully saturated rings. The second-order valence-corrected chi connectivity index (χ2v) is 7.51. The van der Waals surface area contributed by atoms with Crippen LogP contribution < -0.4 is 11.1 Å². The molecule has 3 aromatic heterocycles. The summed E-state index contributed by atoms with van der Waals surface area (Å²) in [5.41, 5.74) is 4.91. The first-order chi connectivity index (χ1) is 17.1. The molecule has 0 bridgehead atoms. The highest BCUT2D eigenvalue weighted by molar-refractivity contribution is 6.04. The predicted molar refractivity (Wildman–Crippen MR) is 117 cm³/mol. The molecule has 36 heavy (non-hydrogen) atoms. The molecule has 5 aromatic rings. The molecular weight excluding hydrogens is 487 g/mol. The number of nitrogens with two attached hydrogens (primary N) is 1.